The number of nitrogens with two attached hydrogens (primary N) is 1. The van der Waals surface area contributed by atoms with Gasteiger partial charge in [-0.2, -0.15) is 0 Å². The van der Waals surface area contributed by atoms with Gasteiger partial charge in [0.2, 0.25) is 5.91 Å². The van der Waals surface area contributed by atoms with E-state index in [9.17, 15) is 9.59 Å². The summed E-state index contributed by atoms with van der Waals surface area (Å²) < 4.78 is 11.1. The number of ether oxygens (including phenoxy) is 1. The van der Waals surface area contributed by atoms with Crippen molar-refractivity contribution in [2.24, 2.45) is 5.73 Å². The molecule has 0 saturated carbocycles. The van der Waals surface area contributed by atoms with Crippen LogP contribution in [0.5, 0.6) is 5.75 Å². The van der Waals surface area contributed by atoms with Gasteiger partial charge in [-0.3, -0.25) is 9.59 Å². The highest BCUT2D eigenvalue weighted by Gasteiger charge is 2.63. The fraction of sp³-hybridized carbons (Fsp3) is 0.500. The van der Waals surface area contributed by atoms with Gasteiger partial charge in [-0.05, 0) is 51.3 Å². The number of unbranched alkanes of at least 4 members (excludes halogenated alkanes) is 2. The van der Waals surface area contributed by atoms with Crippen LogP contribution in [0.4, 0.5) is 0 Å². The van der Waals surface area contributed by atoms with Crippen molar-refractivity contribution in [3.05, 3.63) is 54.0 Å². The molecule has 1 saturated heterocycles. The van der Waals surface area contributed by atoms with E-state index in [2.05, 4.69) is 0 Å². The van der Waals surface area contributed by atoms with Gasteiger partial charge in [0, 0.05) is 31.1 Å². The first-order valence-corrected chi connectivity index (χ1v) is 11.9. The molecule has 1 aromatic carbocycles. The minimum atomic E-state index is -0.769. The predicted octanol–water partition coefficient (Wildman–Crippen LogP) is 4.01. The highest BCUT2D eigenvalue weighted by Crippen LogP contribution is 2.61. The summed E-state index contributed by atoms with van der Waals surface area (Å²) in [5.41, 5.74) is 6.99. The minimum Gasteiger partial charge on any atom is -0.493 e. The number of rotatable bonds is 13. The molecule has 0 aliphatic carbocycles. The minimum absolute atomic E-state index is 0.0138. The Morgan fingerprint density at radius 3 is 2.66 bits per heavy atom. The second-order valence-electron chi connectivity index (χ2n) is 8.29. The maximum Gasteiger partial charge on any atom is 0.303 e. The summed E-state index contributed by atoms with van der Waals surface area (Å²) in [6.45, 7) is 5.32. The number of carboxylic acid groups (broad SMARTS) is 1. The zero-order valence-electron chi connectivity index (χ0n) is 18.7. The Hall–Kier alpha value is -2.45. The summed E-state index contributed by atoms with van der Waals surface area (Å²) in [5.74, 6) is 0.784. The van der Waals surface area contributed by atoms with Crippen LogP contribution in [0.3, 0.4) is 0 Å². The first kappa shape index (κ1) is 24.2. The van der Waals surface area contributed by atoms with Crippen LogP contribution in [0.1, 0.15) is 50.9 Å². The van der Waals surface area contributed by atoms with E-state index in [-0.39, 0.29) is 23.6 Å². The van der Waals surface area contributed by atoms with E-state index in [1.807, 2.05) is 55.1 Å². The van der Waals surface area contributed by atoms with Gasteiger partial charge in [0.15, 0.2) is 0 Å². The van der Waals surface area contributed by atoms with Gasteiger partial charge in [-0.1, -0.05) is 18.2 Å². The Bertz CT molecular complexity index is 902. The number of carbonyl (C=O) groups is 2. The van der Waals surface area contributed by atoms with Crippen molar-refractivity contribution in [2.45, 2.75) is 62.1 Å². The van der Waals surface area contributed by atoms with Crippen molar-refractivity contribution in [1.29, 1.82) is 0 Å². The van der Waals surface area contributed by atoms with Gasteiger partial charge in [-0.25, -0.2) is 0 Å². The van der Waals surface area contributed by atoms with E-state index < -0.39 is 10.7 Å². The van der Waals surface area contributed by atoms with Crippen LogP contribution >= 0.6 is 11.8 Å². The van der Waals surface area contributed by atoms with Crippen molar-refractivity contribution in [3.63, 3.8) is 0 Å². The summed E-state index contributed by atoms with van der Waals surface area (Å²) >= 11 is 1.55. The molecule has 2 heterocycles. The molecule has 174 valence electrons. The van der Waals surface area contributed by atoms with Gasteiger partial charge < -0.3 is 24.9 Å². The Labute approximate surface area is 193 Å². The summed E-state index contributed by atoms with van der Waals surface area (Å²) in [6.07, 6.45) is 4.03. The Morgan fingerprint density at radius 2 is 2.00 bits per heavy atom. The molecule has 1 unspecified atom stereocenters. The lowest BCUT2D eigenvalue weighted by Gasteiger charge is -2.28. The van der Waals surface area contributed by atoms with Crippen molar-refractivity contribution in [2.75, 3.05) is 13.2 Å². The van der Waals surface area contributed by atoms with Crippen molar-refractivity contribution >= 4 is 23.6 Å². The number of para-hydroxylation sites is 1. The maximum absolute atomic E-state index is 13.4. The molecule has 1 aliphatic heterocycles. The Kier molecular flexibility index (Phi) is 8.26. The number of carboxylic acids is 1. The topological polar surface area (TPSA) is 106 Å². The molecule has 8 heteroatoms. The van der Waals surface area contributed by atoms with Gasteiger partial charge in [-0.15, -0.1) is 11.8 Å². The van der Waals surface area contributed by atoms with E-state index in [1.54, 1.807) is 18.0 Å². The zero-order valence-corrected chi connectivity index (χ0v) is 19.5. The summed E-state index contributed by atoms with van der Waals surface area (Å²) in [6, 6.07) is 11.5. The molecule has 7 nitrogen and oxygen atoms in total. The highest BCUT2D eigenvalue weighted by atomic mass is 32.2. The third-order valence-electron chi connectivity index (χ3n) is 5.67. The number of furan rings is 1. The van der Waals surface area contributed by atoms with Crippen molar-refractivity contribution in [1.82, 2.24) is 4.90 Å². The molecule has 1 fully saturated rings. The van der Waals surface area contributed by atoms with E-state index in [1.165, 1.54) is 0 Å². The van der Waals surface area contributed by atoms with Crippen molar-refractivity contribution in [3.8, 4) is 5.75 Å². The summed E-state index contributed by atoms with van der Waals surface area (Å²) in [7, 11) is 0. The third kappa shape index (κ3) is 5.66. The van der Waals surface area contributed by atoms with Crippen LogP contribution in [0, 0.1) is 0 Å². The predicted molar refractivity (Wildman–Crippen MR) is 125 cm³/mol. The van der Waals surface area contributed by atoms with Crippen LogP contribution in [0.15, 0.2) is 47.1 Å². The number of carbonyl (C=O) groups excluding carboxylic acids is 1. The molecule has 3 rings (SSSR count). The molecular weight excluding hydrogens is 428 g/mol. The molecule has 2 atom stereocenters. The van der Waals surface area contributed by atoms with Gasteiger partial charge in [0.25, 0.3) is 0 Å². The van der Waals surface area contributed by atoms with Gasteiger partial charge in [0.1, 0.15) is 21.5 Å². The van der Waals surface area contributed by atoms with E-state index in [4.69, 9.17) is 20.0 Å². The van der Waals surface area contributed by atoms with E-state index in [0.717, 1.165) is 29.9 Å². The number of hydrogen-bond donors (Lipinski definition) is 2. The number of amides is 1. The first-order chi connectivity index (χ1) is 15.4. The molecule has 3 N–H and O–H groups in total. The number of aliphatic carboxylic acids is 1. The van der Waals surface area contributed by atoms with Crippen LogP contribution in [0.25, 0.3) is 0 Å². The third-order valence-corrected chi connectivity index (χ3v) is 7.28. The first-order valence-electron chi connectivity index (χ1n) is 11.0. The quantitative estimate of drug-likeness (QED) is 0.344. The molecule has 1 aliphatic rings. The smallest absolute Gasteiger partial charge is 0.303 e. The molecule has 0 bridgehead atoms. The molecule has 32 heavy (non-hydrogen) atoms. The lowest BCUT2D eigenvalue weighted by atomic mass is 10.0. The number of thioether (sulfide) groups is 1. The van der Waals surface area contributed by atoms with Crippen LogP contribution in [-0.2, 0) is 20.9 Å². The molecular formula is C24H32N2O5S. The van der Waals surface area contributed by atoms with Crippen LogP contribution < -0.4 is 10.5 Å². The average Bonchev–Trinajstić information content (AvgIpc) is 3.26. The fourth-order valence-corrected chi connectivity index (χ4v) is 4.98. The van der Waals surface area contributed by atoms with E-state index >= 15 is 0 Å². The molecule has 1 aromatic heterocycles. The highest BCUT2D eigenvalue weighted by molar-refractivity contribution is 8.09. The Morgan fingerprint density at radius 1 is 1.22 bits per heavy atom. The lowest BCUT2D eigenvalue weighted by Crippen LogP contribution is -2.42. The van der Waals surface area contributed by atoms with Crippen molar-refractivity contribution < 1.29 is 23.8 Å². The number of nitrogens with zero attached hydrogens (tertiary/aromatic N) is 1. The monoisotopic (exact) mass is 460 g/mol. The molecule has 2 aromatic rings. The van der Waals surface area contributed by atoms with Gasteiger partial charge in [0.05, 0.1) is 12.9 Å². The second-order valence-corrected chi connectivity index (χ2v) is 9.72. The number of benzene rings is 1. The summed E-state index contributed by atoms with van der Waals surface area (Å²) in [4.78, 5) is 25.9. The molecule has 1 amide bonds. The maximum atomic E-state index is 13.4. The number of hydrogen-bond acceptors (Lipinski definition) is 6. The van der Waals surface area contributed by atoms with Gasteiger partial charge >= 0.3 is 5.97 Å². The Balaban J connectivity index is 1.63. The SMILES string of the molecule is CC(C)N(Cc1ccccc1OCCCCCC(=O)O)C(=O)[C@H]1SC1(CN)c1ccco1. The molecule has 0 radical (unpaired) electrons. The molecule has 0 spiro atoms. The zero-order chi connectivity index (χ0) is 23.1. The fourth-order valence-electron chi connectivity index (χ4n) is 3.75. The average molecular weight is 461 g/mol. The van der Waals surface area contributed by atoms with Crippen LogP contribution in [0.2, 0.25) is 0 Å². The van der Waals surface area contributed by atoms with Crippen LogP contribution in [-0.4, -0.2) is 46.3 Å². The second kappa shape index (κ2) is 10.9. The summed E-state index contributed by atoms with van der Waals surface area (Å²) in [5, 5.41) is 8.47. The largest absolute Gasteiger partial charge is 0.493 e. The normalized spacial score (nSPS) is 19.7. The lowest BCUT2D eigenvalue weighted by molar-refractivity contribution is -0.137. The standard InChI is InChI=1S/C24H32N2O5S/c1-17(2)26(23(29)22-24(16-25,32-22)20-11-8-14-31-20)15-18-9-5-6-10-19(18)30-13-7-3-4-12-21(27)28/h5-6,8-11,14,17,22H,3-4,7,12-13,15-16,25H2,1-2H3,(H,27,28)/t22-,24?/m1/s1. The van der Waals surface area contributed by atoms with E-state index in [0.29, 0.717) is 26.1 Å².